The third kappa shape index (κ3) is 7.74. The van der Waals surface area contributed by atoms with Crippen LogP contribution in [0.2, 0.25) is 0 Å². The second-order valence-electron chi connectivity index (χ2n) is 7.60. The molecule has 0 aliphatic heterocycles. The largest absolute Gasteiger partial charge is 0.493 e. The van der Waals surface area contributed by atoms with Crippen LogP contribution in [-0.4, -0.2) is 26.8 Å². The van der Waals surface area contributed by atoms with Crippen molar-refractivity contribution >= 4 is 12.6 Å². The molecule has 0 radical (unpaired) electrons. The van der Waals surface area contributed by atoms with Gasteiger partial charge in [0.25, 0.3) is 0 Å². The molecule has 36 heavy (non-hydrogen) atoms. The SMILES string of the molecule is COc1cc(C=O)ccc1OCc1ccccc1.COc1cc(C=O)ccc1OCc1ccccc1. The summed E-state index contributed by atoms with van der Waals surface area (Å²) < 4.78 is 21.7. The van der Waals surface area contributed by atoms with E-state index in [0.29, 0.717) is 47.3 Å². The maximum Gasteiger partial charge on any atom is 0.161 e. The van der Waals surface area contributed by atoms with Crippen molar-refractivity contribution in [3.8, 4) is 23.0 Å². The van der Waals surface area contributed by atoms with E-state index >= 15 is 0 Å². The highest BCUT2D eigenvalue weighted by molar-refractivity contribution is 5.77. The lowest BCUT2D eigenvalue weighted by atomic mass is 10.2. The molecule has 4 rings (SSSR count). The zero-order valence-electron chi connectivity index (χ0n) is 20.3. The summed E-state index contributed by atoms with van der Waals surface area (Å²) in [5, 5.41) is 0. The van der Waals surface area contributed by atoms with E-state index in [-0.39, 0.29) is 0 Å². The molecule has 0 bridgehead atoms. The topological polar surface area (TPSA) is 71.1 Å². The van der Waals surface area contributed by atoms with Gasteiger partial charge in [-0.25, -0.2) is 0 Å². The van der Waals surface area contributed by atoms with Gasteiger partial charge in [-0.15, -0.1) is 0 Å². The second kappa shape index (κ2) is 14.0. The lowest BCUT2D eigenvalue weighted by Gasteiger charge is -2.10. The Kier molecular flexibility index (Phi) is 10.1. The first kappa shape index (κ1) is 26.0. The highest BCUT2D eigenvalue weighted by atomic mass is 16.5. The molecule has 0 spiro atoms. The van der Waals surface area contributed by atoms with Crippen LogP contribution in [0.25, 0.3) is 0 Å². The highest BCUT2D eigenvalue weighted by Gasteiger charge is 2.06. The third-order valence-electron chi connectivity index (χ3n) is 5.12. The van der Waals surface area contributed by atoms with Gasteiger partial charge in [0.2, 0.25) is 0 Å². The van der Waals surface area contributed by atoms with E-state index < -0.39 is 0 Å². The van der Waals surface area contributed by atoms with Crippen molar-refractivity contribution in [2.24, 2.45) is 0 Å². The lowest BCUT2D eigenvalue weighted by Crippen LogP contribution is -1.98. The van der Waals surface area contributed by atoms with Gasteiger partial charge < -0.3 is 18.9 Å². The number of benzene rings is 4. The summed E-state index contributed by atoms with van der Waals surface area (Å²) in [6, 6.07) is 30.0. The molecular formula is C30H28O6. The van der Waals surface area contributed by atoms with E-state index in [1.807, 2.05) is 60.7 Å². The van der Waals surface area contributed by atoms with Crippen LogP contribution in [0.15, 0.2) is 97.1 Å². The Morgan fingerprint density at radius 3 is 1.25 bits per heavy atom. The monoisotopic (exact) mass is 484 g/mol. The molecule has 0 saturated carbocycles. The summed E-state index contributed by atoms with van der Waals surface area (Å²) in [6.07, 6.45) is 1.56. The molecule has 0 unspecified atom stereocenters. The van der Waals surface area contributed by atoms with Gasteiger partial charge in [-0.2, -0.15) is 0 Å². The van der Waals surface area contributed by atoms with Crippen molar-refractivity contribution in [2.45, 2.75) is 13.2 Å². The predicted molar refractivity (Wildman–Crippen MR) is 138 cm³/mol. The molecule has 0 aromatic heterocycles. The summed E-state index contributed by atoms with van der Waals surface area (Å²) in [5.41, 5.74) is 3.30. The van der Waals surface area contributed by atoms with E-state index in [9.17, 15) is 9.59 Å². The van der Waals surface area contributed by atoms with E-state index in [0.717, 1.165) is 23.7 Å². The average Bonchev–Trinajstić information content (AvgIpc) is 2.96. The van der Waals surface area contributed by atoms with Crippen LogP contribution in [0.3, 0.4) is 0 Å². The van der Waals surface area contributed by atoms with Crippen LogP contribution >= 0.6 is 0 Å². The molecule has 0 amide bonds. The minimum absolute atomic E-state index is 0.470. The molecule has 4 aromatic carbocycles. The third-order valence-corrected chi connectivity index (χ3v) is 5.12. The zero-order valence-corrected chi connectivity index (χ0v) is 20.3. The number of hydrogen-bond donors (Lipinski definition) is 0. The van der Waals surface area contributed by atoms with Crippen LogP contribution < -0.4 is 18.9 Å². The second-order valence-corrected chi connectivity index (χ2v) is 7.60. The fraction of sp³-hybridized carbons (Fsp3) is 0.133. The molecule has 6 heteroatoms. The van der Waals surface area contributed by atoms with Gasteiger partial charge >= 0.3 is 0 Å². The first-order valence-electron chi connectivity index (χ1n) is 11.3. The summed E-state index contributed by atoms with van der Waals surface area (Å²) in [4.78, 5) is 21.3. The fourth-order valence-electron chi connectivity index (χ4n) is 3.22. The number of ether oxygens (including phenoxy) is 4. The van der Waals surface area contributed by atoms with Gasteiger partial charge in [0.05, 0.1) is 14.2 Å². The summed E-state index contributed by atoms with van der Waals surface area (Å²) in [5.74, 6) is 2.39. The molecule has 0 fully saturated rings. The zero-order chi connectivity index (χ0) is 25.6. The number of hydrogen-bond acceptors (Lipinski definition) is 6. The smallest absolute Gasteiger partial charge is 0.161 e. The van der Waals surface area contributed by atoms with Crippen LogP contribution in [0.5, 0.6) is 23.0 Å². The Hall–Kier alpha value is -4.58. The van der Waals surface area contributed by atoms with Crippen molar-refractivity contribution in [3.63, 3.8) is 0 Å². The van der Waals surface area contributed by atoms with Gasteiger partial charge in [-0.05, 0) is 47.5 Å². The standard InChI is InChI=1S/2C15H14O3/c2*1-17-15-9-13(10-16)7-8-14(15)18-11-12-5-3-2-4-6-12/h2*2-10H,11H2,1H3. The Balaban J connectivity index is 0.000000201. The number of rotatable bonds is 10. The Morgan fingerprint density at radius 2 is 0.917 bits per heavy atom. The van der Waals surface area contributed by atoms with Crippen molar-refractivity contribution in [3.05, 3.63) is 119 Å². The molecule has 0 heterocycles. The molecule has 0 aliphatic rings. The molecule has 0 saturated heterocycles. The van der Waals surface area contributed by atoms with E-state index in [1.165, 1.54) is 0 Å². The van der Waals surface area contributed by atoms with Gasteiger partial charge in [0, 0.05) is 11.1 Å². The minimum atomic E-state index is 0.470. The fourth-order valence-corrected chi connectivity index (χ4v) is 3.22. The Morgan fingerprint density at radius 1 is 0.528 bits per heavy atom. The maximum absolute atomic E-state index is 10.7. The summed E-state index contributed by atoms with van der Waals surface area (Å²) >= 11 is 0. The quantitative estimate of drug-likeness (QED) is 0.251. The number of carbonyl (C=O) groups excluding carboxylic acids is 2. The molecule has 184 valence electrons. The van der Waals surface area contributed by atoms with Gasteiger partial charge in [-0.3, -0.25) is 9.59 Å². The Labute approximate surface area is 211 Å². The number of carbonyl (C=O) groups is 2. The van der Waals surface area contributed by atoms with Gasteiger partial charge in [0.15, 0.2) is 23.0 Å². The normalized spacial score (nSPS) is 9.83. The molecule has 6 nitrogen and oxygen atoms in total. The number of aldehydes is 2. The highest BCUT2D eigenvalue weighted by Crippen LogP contribution is 2.29. The first-order chi connectivity index (χ1) is 17.7. The molecule has 0 aliphatic carbocycles. The average molecular weight is 485 g/mol. The number of methoxy groups -OCH3 is 2. The first-order valence-corrected chi connectivity index (χ1v) is 11.3. The molecule has 0 atom stereocenters. The van der Waals surface area contributed by atoms with Crippen LogP contribution in [0, 0.1) is 0 Å². The molecular weight excluding hydrogens is 456 g/mol. The van der Waals surface area contributed by atoms with Crippen LogP contribution in [0.1, 0.15) is 31.8 Å². The van der Waals surface area contributed by atoms with Crippen molar-refractivity contribution in [1.82, 2.24) is 0 Å². The minimum Gasteiger partial charge on any atom is -0.493 e. The molecule has 4 aromatic rings. The van der Waals surface area contributed by atoms with Crippen LogP contribution in [0.4, 0.5) is 0 Å². The summed E-state index contributed by atoms with van der Waals surface area (Å²) in [6.45, 7) is 0.940. The van der Waals surface area contributed by atoms with Gasteiger partial charge in [0.1, 0.15) is 25.8 Å². The van der Waals surface area contributed by atoms with Crippen molar-refractivity contribution in [2.75, 3.05) is 14.2 Å². The van der Waals surface area contributed by atoms with E-state index in [1.54, 1.807) is 50.6 Å². The van der Waals surface area contributed by atoms with Crippen LogP contribution in [-0.2, 0) is 13.2 Å². The summed E-state index contributed by atoms with van der Waals surface area (Å²) in [7, 11) is 3.11. The van der Waals surface area contributed by atoms with Crippen molar-refractivity contribution < 1.29 is 28.5 Å². The molecule has 0 N–H and O–H groups in total. The van der Waals surface area contributed by atoms with E-state index in [2.05, 4.69) is 0 Å². The maximum atomic E-state index is 10.7. The Bertz CT molecular complexity index is 1140. The van der Waals surface area contributed by atoms with Gasteiger partial charge in [-0.1, -0.05) is 60.7 Å². The predicted octanol–water partition coefficient (Wildman–Crippen LogP) is 6.17. The van der Waals surface area contributed by atoms with Crippen molar-refractivity contribution in [1.29, 1.82) is 0 Å². The van der Waals surface area contributed by atoms with E-state index in [4.69, 9.17) is 18.9 Å². The lowest BCUT2D eigenvalue weighted by molar-refractivity contribution is 0.111.